The Kier molecular flexibility index (Phi) is 10.1. The number of likely N-dealkylation sites (tertiary alicyclic amines) is 1. The van der Waals surface area contributed by atoms with Crippen molar-refractivity contribution in [1.82, 2.24) is 15.1 Å². The molecule has 1 spiro atoms. The molecule has 40 heavy (non-hydrogen) atoms. The predicted molar refractivity (Wildman–Crippen MR) is 151 cm³/mol. The Balaban J connectivity index is 1.77. The van der Waals surface area contributed by atoms with Crippen LogP contribution in [0.4, 0.5) is 0 Å². The zero-order valence-electron chi connectivity index (χ0n) is 23.6. The van der Waals surface area contributed by atoms with Gasteiger partial charge in [-0.1, -0.05) is 41.4 Å². The van der Waals surface area contributed by atoms with Gasteiger partial charge >= 0.3 is 5.97 Å². The number of aliphatic hydroxyl groups is 1. The van der Waals surface area contributed by atoms with Gasteiger partial charge < -0.3 is 29.7 Å². The molecule has 5 bridgehead atoms. The van der Waals surface area contributed by atoms with Crippen LogP contribution < -0.4 is 5.32 Å². The number of nitrogens with zero attached hydrogens (tertiary/aromatic N) is 2. The molecule has 222 valence electrons. The summed E-state index contributed by atoms with van der Waals surface area (Å²) in [5, 5.41) is 12.1. The first-order valence-electron chi connectivity index (χ1n) is 14.6. The van der Waals surface area contributed by atoms with E-state index in [1.54, 1.807) is 16.7 Å². The molecule has 2 fully saturated rings. The molecule has 10 nitrogen and oxygen atoms in total. The van der Waals surface area contributed by atoms with E-state index in [1.807, 2.05) is 25.2 Å². The van der Waals surface area contributed by atoms with Crippen molar-refractivity contribution in [3.63, 3.8) is 0 Å². The van der Waals surface area contributed by atoms with Gasteiger partial charge in [0.05, 0.1) is 12.5 Å². The molecule has 3 amide bonds. The van der Waals surface area contributed by atoms with Gasteiger partial charge in [0.2, 0.25) is 17.7 Å². The third kappa shape index (κ3) is 5.87. The van der Waals surface area contributed by atoms with Gasteiger partial charge in [-0.25, -0.2) is 0 Å². The average molecular weight is 625 g/mol. The van der Waals surface area contributed by atoms with Crippen molar-refractivity contribution in [2.24, 2.45) is 11.8 Å². The molecule has 7 atom stereocenters. The van der Waals surface area contributed by atoms with Crippen LogP contribution in [0, 0.1) is 11.8 Å². The Morgan fingerprint density at radius 1 is 1.18 bits per heavy atom. The third-order valence-corrected chi connectivity index (χ3v) is 9.10. The first kappa shape index (κ1) is 30.7. The molecule has 11 heteroatoms. The first-order valence-corrected chi connectivity index (χ1v) is 15.4. The van der Waals surface area contributed by atoms with Crippen molar-refractivity contribution < 1.29 is 33.8 Å². The van der Waals surface area contributed by atoms with Crippen molar-refractivity contribution in [3.8, 4) is 0 Å². The van der Waals surface area contributed by atoms with Crippen LogP contribution in [-0.2, 0) is 28.7 Å². The molecule has 0 radical (unpaired) electrons. The van der Waals surface area contributed by atoms with Crippen molar-refractivity contribution in [3.05, 3.63) is 22.7 Å². The monoisotopic (exact) mass is 623 g/mol. The highest BCUT2D eigenvalue weighted by molar-refractivity contribution is 9.11. The standard InChI is InChI=1S/C29H42BrN3O7/c1-4-11-18(2)32-13-8-5-7-12-21(35)31-17-19(3)39-28(38)22-23-26(36)33(14-9-6-10-15-34)25(27(32)37)29(23)16-20(30)24(22)40-29/h5,8,16,18-19,22-25,34H,4,6-7,9-15,17H2,1-3H3,(H,31,35)/b8-5-/t18?,19-,22+,23-,24+,25+,29-/m1/s1. The zero-order valence-corrected chi connectivity index (χ0v) is 25.2. The van der Waals surface area contributed by atoms with Crippen LogP contribution >= 0.6 is 15.9 Å². The molecule has 0 aliphatic carbocycles. The number of esters is 1. The molecular formula is C29H42BrN3O7. The summed E-state index contributed by atoms with van der Waals surface area (Å²) in [6, 6.07) is -1.03. The van der Waals surface area contributed by atoms with Crippen LogP contribution in [-0.4, -0.2) is 94.7 Å². The molecule has 2 saturated heterocycles. The number of carbonyl (C=O) groups is 4. The number of nitrogens with one attached hydrogen (secondary N) is 1. The highest BCUT2D eigenvalue weighted by atomic mass is 79.9. The molecule has 1 unspecified atom stereocenters. The number of allylic oxidation sites excluding steroid dienone is 1. The number of hydrogen-bond donors (Lipinski definition) is 2. The second kappa shape index (κ2) is 13.2. The second-order valence-corrected chi connectivity index (χ2v) is 12.2. The Morgan fingerprint density at radius 2 is 1.95 bits per heavy atom. The van der Waals surface area contributed by atoms with E-state index in [2.05, 4.69) is 28.2 Å². The fourth-order valence-electron chi connectivity index (χ4n) is 6.48. The zero-order chi connectivity index (χ0) is 29.0. The van der Waals surface area contributed by atoms with Gasteiger partial charge in [0.1, 0.15) is 29.8 Å². The molecular weight excluding hydrogens is 582 g/mol. The van der Waals surface area contributed by atoms with E-state index >= 15 is 0 Å². The van der Waals surface area contributed by atoms with Gasteiger partial charge in [-0.05, 0) is 52.0 Å². The molecule has 4 aliphatic heterocycles. The summed E-state index contributed by atoms with van der Waals surface area (Å²) in [4.78, 5) is 57.9. The molecule has 0 aromatic heterocycles. The van der Waals surface area contributed by atoms with E-state index in [4.69, 9.17) is 9.47 Å². The maximum Gasteiger partial charge on any atom is 0.313 e. The van der Waals surface area contributed by atoms with Crippen LogP contribution in [0.15, 0.2) is 22.7 Å². The molecule has 4 aliphatic rings. The summed E-state index contributed by atoms with van der Waals surface area (Å²) in [5.74, 6) is -3.04. The smallest absolute Gasteiger partial charge is 0.313 e. The number of amides is 3. The lowest BCUT2D eigenvalue weighted by Crippen LogP contribution is -2.57. The summed E-state index contributed by atoms with van der Waals surface area (Å²) in [7, 11) is 0. The number of fused-ring (bicyclic) bond motifs is 2. The number of cyclic esters (lactones) is 1. The summed E-state index contributed by atoms with van der Waals surface area (Å²) >= 11 is 3.56. The number of carbonyl (C=O) groups excluding carboxylic acids is 4. The van der Waals surface area contributed by atoms with Crippen LogP contribution in [0.5, 0.6) is 0 Å². The molecule has 4 rings (SSSR count). The Hall–Kier alpha value is -2.24. The van der Waals surface area contributed by atoms with Crippen LogP contribution in [0.25, 0.3) is 0 Å². The molecule has 4 heterocycles. The maximum absolute atomic E-state index is 14.5. The van der Waals surface area contributed by atoms with Gasteiger partial charge in [0, 0.05) is 36.6 Å². The van der Waals surface area contributed by atoms with E-state index in [0.717, 1.165) is 12.8 Å². The van der Waals surface area contributed by atoms with Crippen molar-refractivity contribution in [2.75, 3.05) is 26.2 Å². The highest BCUT2D eigenvalue weighted by Gasteiger charge is 2.74. The minimum Gasteiger partial charge on any atom is -0.460 e. The van der Waals surface area contributed by atoms with Crippen molar-refractivity contribution in [1.29, 1.82) is 0 Å². The fourth-order valence-corrected chi connectivity index (χ4v) is 7.22. The van der Waals surface area contributed by atoms with Crippen molar-refractivity contribution >= 4 is 39.6 Å². The van der Waals surface area contributed by atoms with E-state index in [1.165, 1.54) is 0 Å². The van der Waals surface area contributed by atoms with Gasteiger partial charge in [-0.3, -0.25) is 19.2 Å². The predicted octanol–water partition coefficient (Wildman–Crippen LogP) is 2.44. The number of unbranched alkanes of at least 4 members (excludes halogenated alkanes) is 2. The Labute approximate surface area is 244 Å². The molecule has 0 saturated carbocycles. The van der Waals surface area contributed by atoms with E-state index in [9.17, 15) is 24.3 Å². The summed E-state index contributed by atoms with van der Waals surface area (Å²) < 4.78 is 12.9. The van der Waals surface area contributed by atoms with Crippen LogP contribution in [0.3, 0.4) is 0 Å². The number of hydrogen-bond acceptors (Lipinski definition) is 7. The molecule has 2 N–H and O–H groups in total. The van der Waals surface area contributed by atoms with Gasteiger partial charge in [0.25, 0.3) is 0 Å². The van der Waals surface area contributed by atoms with Crippen LogP contribution in [0.1, 0.15) is 65.7 Å². The van der Waals surface area contributed by atoms with Gasteiger partial charge in [0.15, 0.2) is 0 Å². The number of rotatable bonds is 8. The average Bonchev–Trinajstić information content (AvgIpc) is 3.50. The largest absolute Gasteiger partial charge is 0.460 e. The Morgan fingerprint density at radius 3 is 2.67 bits per heavy atom. The fraction of sp³-hybridized carbons (Fsp3) is 0.724. The third-order valence-electron chi connectivity index (χ3n) is 8.42. The van der Waals surface area contributed by atoms with E-state index in [0.29, 0.717) is 43.3 Å². The summed E-state index contributed by atoms with van der Waals surface area (Å²) in [6.07, 6.45) is 8.68. The minimum absolute atomic E-state index is 0.0601. The van der Waals surface area contributed by atoms with Crippen molar-refractivity contribution in [2.45, 2.75) is 95.6 Å². The van der Waals surface area contributed by atoms with Gasteiger partial charge in [-0.2, -0.15) is 0 Å². The lowest BCUT2D eigenvalue weighted by molar-refractivity contribution is -0.158. The number of aliphatic hydroxyl groups excluding tert-OH is 1. The molecule has 0 aromatic rings. The Bertz CT molecular complexity index is 1050. The van der Waals surface area contributed by atoms with Crippen LogP contribution in [0.2, 0.25) is 0 Å². The number of ether oxygens (including phenoxy) is 2. The summed E-state index contributed by atoms with van der Waals surface area (Å²) in [5.41, 5.74) is -1.29. The van der Waals surface area contributed by atoms with E-state index in [-0.39, 0.29) is 43.3 Å². The highest BCUT2D eigenvalue weighted by Crippen LogP contribution is 2.59. The van der Waals surface area contributed by atoms with Gasteiger partial charge in [-0.15, -0.1) is 0 Å². The number of halogens is 1. The lowest BCUT2D eigenvalue weighted by atomic mass is 9.74. The quantitative estimate of drug-likeness (QED) is 0.242. The first-order chi connectivity index (χ1) is 19.2. The minimum atomic E-state index is -1.29. The van der Waals surface area contributed by atoms with E-state index < -0.39 is 41.7 Å². The SMILES string of the molecule is CCCC(C)N1C/C=C\CCC(=O)NC[C@@H](C)OC(=O)[C@@H]2[C@H]3O[C@@]4(C=C3Br)[C@H](C1=O)N(CCCCCO)C(=O)[C@@H]24. The normalized spacial score (nSPS) is 34.4. The topological polar surface area (TPSA) is 125 Å². The second-order valence-electron chi connectivity index (χ2n) is 11.3. The lowest BCUT2D eigenvalue weighted by Gasteiger charge is -2.38. The molecule has 0 aromatic carbocycles. The summed E-state index contributed by atoms with van der Waals surface area (Å²) in [6.45, 7) is 6.64. The maximum atomic E-state index is 14.5.